The Labute approximate surface area is 70.2 Å². The third kappa shape index (κ3) is 9.72. The van der Waals surface area contributed by atoms with E-state index in [2.05, 4.69) is 26.2 Å². The van der Waals surface area contributed by atoms with Crippen LogP contribution < -0.4 is 0 Å². The van der Waals surface area contributed by atoms with Crippen LogP contribution in [0.4, 0.5) is 0 Å². The lowest BCUT2D eigenvalue weighted by Gasteiger charge is -2.14. The number of hydrogen-bond acceptors (Lipinski definition) is 2. The molecular weight excluding hydrogens is 156 g/mol. The lowest BCUT2D eigenvalue weighted by Crippen LogP contribution is -2.21. The second-order valence-electron chi connectivity index (χ2n) is 3.67. The zero-order chi connectivity index (χ0) is 8.74. The van der Waals surface area contributed by atoms with Crippen molar-refractivity contribution in [2.24, 2.45) is 0 Å². The fourth-order valence-electron chi connectivity index (χ4n) is 0.534. The van der Waals surface area contributed by atoms with Crippen molar-refractivity contribution in [1.82, 2.24) is 0 Å². The maximum absolute atomic E-state index is 5.19. The summed E-state index contributed by atoms with van der Waals surface area (Å²) in [6, 6.07) is 1.19. The summed E-state index contributed by atoms with van der Waals surface area (Å²) in [5.41, 5.74) is 0. The van der Waals surface area contributed by atoms with Gasteiger partial charge in [0.2, 0.25) is 0 Å². The van der Waals surface area contributed by atoms with Crippen LogP contribution in [0.15, 0.2) is 12.8 Å². The lowest BCUT2D eigenvalue weighted by molar-refractivity contribution is -0.00502. The van der Waals surface area contributed by atoms with Crippen LogP contribution in [0.1, 0.15) is 0 Å². The summed E-state index contributed by atoms with van der Waals surface area (Å²) in [7, 11) is -0.924. The fraction of sp³-hybridized carbons (Fsp3) is 0.750. The average Bonchev–Trinajstić information content (AvgIpc) is 1.85. The van der Waals surface area contributed by atoms with Crippen molar-refractivity contribution in [3.05, 3.63) is 12.8 Å². The van der Waals surface area contributed by atoms with E-state index in [1.165, 1.54) is 12.3 Å². The molecule has 0 aromatic heterocycles. The first-order chi connectivity index (χ1) is 5.06. The fourth-order valence-corrected chi connectivity index (χ4v) is 1.29. The minimum absolute atomic E-state index is 0.341. The standard InChI is InChI=1S/C8H18O2Si/c1-5-9-8-10-6-7-11(2,3)4/h5H,1,6-8H2,2-4H3. The molecule has 0 aromatic carbocycles. The van der Waals surface area contributed by atoms with E-state index in [0.29, 0.717) is 6.79 Å². The first-order valence-electron chi connectivity index (χ1n) is 3.86. The highest BCUT2D eigenvalue weighted by atomic mass is 28.3. The van der Waals surface area contributed by atoms with E-state index in [9.17, 15) is 0 Å². The van der Waals surface area contributed by atoms with Gasteiger partial charge in [0.25, 0.3) is 0 Å². The largest absolute Gasteiger partial charge is 0.476 e. The molecule has 0 rings (SSSR count). The van der Waals surface area contributed by atoms with E-state index in [4.69, 9.17) is 9.47 Å². The van der Waals surface area contributed by atoms with Gasteiger partial charge in [-0.1, -0.05) is 26.2 Å². The van der Waals surface area contributed by atoms with Crippen LogP contribution in [0.25, 0.3) is 0 Å². The molecule has 0 amide bonds. The van der Waals surface area contributed by atoms with Crippen molar-refractivity contribution >= 4 is 8.07 Å². The van der Waals surface area contributed by atoms with Crippen molar-refractivity contribution in [2.45, 2.75) is 25.7 Å². The summed E-state index contributed by atoms with van der Waals surface area (Å²) in [6.45, 7) is 11.5. The highest BCUT2D eigenvalue weighted by Gasteiger charge is 2.11. The normalized spacial score (nSPS) is 11.2. The van der Waals surface area contributed by atoms with E-state index in [1.807, 2.05) is 0 Å². The van der Waals surface area contributed by atoms with Crippen molar-refractivity contribution in [2.75, 3.05) is 13.4 Å². The third-order valence-corrected chi connectivity index (χ3v) is 2.97. The van der Waals surface area contributed by atoms with Gasteiger partial charge >= 0.3 is 0 Å². The van der Waals surface area contributed by atoms with Gasteiger partial charge in [-0.15, -0.1) is 0 Å². The quantitative estimate of drug-likeness (QED) is 0.266. The summed E-state index contributed by atoms with van der Waals surface area (Å²) in [4.78, 5) is 0. The Bertz CT molecular complexity index is 107. The van der Waals surface area contributed by atoms with Gasteiger partial charge in [-0.3, -0.25) is 0 Å². The molecule has 0 aliphatic carbocycles. The van der Waals surface area contributed by atoms with Crippen molar-refractivity contribution in [3.8, 4) is 0 Å². The molecule has 0 aliphatic heterocycles. The Morgan fingerprint density at radius 2 is 2.00 bits per heavy atom. The molecule has 2 nitrogen and oxygen atoms in total. The zero-order valence-electron chi connectivity index (χ0n) is 7.72. The van der Waals surface area contributed by atoms with Gasteiger partial charge in [-0.05, 0) is 6.04 Å². The molecule has 0 heterocycles. The van der Waals surface area contributed by atoms with Crippen molar-refractivity contribution in [3.63, 3.8) is 0 Å². The Morgan fingerprint density at radius 3 is 2.45 bits per heavy atom. The van der Waals surface area contributed by atoms with E-state index in [1.54, 1.807) is 0 Å². The molecule has 0 N–H and O–H groups in total. The van der Waals surface area contributed by atoms with Crippen LogP contribution in [0.5, 0.6) is 0 Å². The summed E-state index contributed by atoms with van der Waals surface area (Å²) in [5, 5.41) is 0. The zero-order valence-corrected chi connectivity index (χ0v) is 8.72. The van der Waals surface area contributed by atoms with E-state index >= 15 is 0 Å². The van der Waals surface area contributed by atoms with Gasteiger partial charge in [0.05, 0.1) is 6.26 Å². The minimum Gasteiger partial charge on any atom is -0.476 e. The molecule has 0 radical (unpaired) electrons. The van der Waals surface area contributed by atoms with Crippen LogP contribution >= 0.6 is 0 Å². The highest BCUT2D eigenvalue weighted by Crippen LogP contribution is 2.07. The smallest absolute Gasteiger partial charge is 0.188 e. The Balaban J connectivity index is 3.08. The monoisotopic (exact) mass is 174 g/mol. The van der Waals surface area contributed by atoms with Crippen LogP contribution in [-0.2, 0) is 9.47 Å². The SMILES string of the molecule is C=COCOCC[Si](C)(C)C. The maximum atomic E-state index is 5.19. The van der Waals surface area contributed by atoms with Gasteiger partial charge < -0.3 is 9.47 Å². The first kappa shape index (κ1) is 10.7. The van der Waals surface area contributed by atoms with Crippen molar-refractivity contribution in [1.29, 1.82) is 0 Å². The van der Waals surface area contributed by atoms with Crippen molar-refractivity contribution < 1.29 is 9.47 Å². The van der Waals surface area contributed by atoms with Crippen LogP contribution in [0.2, 0.25) is 25.7 Å². The van der Waals surface area contributed by atoms with Crippen LogP contribution in [0, 0.1) is 0 Å². The second-order valence-corrected chi connectivity index (χ2v) is 9.29. The highest BCUT2D eigenvalue weighted by molar-refractivity contribution is 6.76. The topological polar surface area (TPSA) is 18.5 Å². The van der Waals surface area contributed by atoms with Gasteiger partial charge in [0, 0.05) is 14.7 Å². The van der Waals surface area contributed by atoms with Gasteiger partial charge in [-0.2, -0.15) is 0 Å². The molecule has 0 bridgehead atoms. The summed E-state index contributed by atoms with van der Waals surface area (Å²) >= 11 is 0. The second kappa shape index (κ2) is 5.38. The molecule has 66 valence electrons. The van der Waals surface area contributed by atoms with Crippen LogP contribution in [0.3, 0.4) is 0 Å². The number of hydrogen-bond donors (Lipinski definition) is 0. The number of ether oxygens (including phenoxy) is 2. The molecule has 11 heavy (non-hydrogen) atoms. The molecule has 3 heteroatoms. The predicted molar refractivity (Wildman–Crippen MR) is 50.3 cm³/mol. The summed E-state index contributed by atoms with van der Waals surface area (Å²) in [5.74, 6) is 0. The molecule has 0 unspecified atom stereocenters. The molecule has 0 aliphatic rings. The Morgan fingerprint density at radius 1 is 1.36 bits per heavy atom. The van der Waals surface area contributed by atoms with Gasteiger partial charge in [0.1, 0.15) is 0 Å². The van der Waals surface area contributed by atoms with Crippen LogP contribution in [-0.4, -0.2) is 21.5 Å². The van der Waals surface area contributed by atoms with E-state index in [-0.39, 0.29) is 0 Å². The molecule has 0 saturated heterocycles. The Kier molecular flexibility index (Phi) is 5.24. The lowest BCUT2D eigenvalue weighted by atomic mass is 10.8. The summed E-state index contributed by atoms with van der Waals surface area (Å²) in [6.07, 6.45) is 1.40. The van der Waals surface area contributed by atoms with Gasteiger partial charge in [-0.25, -0.2) is 0 Å². The predicted octanol–water partition coefficient (Wildman–Crippen LogP) is 2.46. The Hall–Kier alpha value is -0.283. The molecule has 0 saturated carbocycles. The third-order valence-electron chi connectivity index (χ3n) is 1.27. The number of rotatable bonds is 6. The van der Waals surface area contributed by atoms with E-state index < -0.39 is 8.07 Å². The molecule has 0 aromatic rings. The van der Waals surface area contributed by atoms with Gasteiger partial charge in [0.15, 0.2) is 6.79 Å². The molecule has 0 spiro atoms. The first-order valence-corrected chi connectivity index (χ1v) is 7.57. The maximum Gasteiger partial charge on any atom is 0.188 e. The minimum atomic E-state index is -0.924. The molecule has 0 atom stereocenters. The molecule has 0 fully saturated rings. The summed E-state index contributed by atoms with van der Waals surface area (Å²) < 4.78 is 10.00. The van der Waals surface area contributed by atoms with E-state index in [0.717, 1.165) is 6.61 Å². The molecular formula is C8H18O2Si. The average molecular weight is 174 g/mol.